The van der Waals surface area contributed by atoms with Gasteiger partial charge in [-0.3, -0.25) is 4.79 Å². The Bertz CT molecular complexity index is 938. The summed E-state index contributed by atoms with van der Waals surface area (Å²) in [5.41, 5.74) is 2.42. The van der Waals surface area contributed by atoms with Gasteiger partial charge in [0.15, 0.2) is 0 Å². The first-order valence-electron chi connectivity index (χ1n) is 8.94. The molecule has 146 valence electrons. The van der Waals surface area contributed by atoms with Crippen molar-refractivity contribution in [2.75, 3.05) is 12.0 Å². The zero-order valence-electron chi connectivity index (χ0n) is 15.8. The van der Waals surface area contributed by atoms with E-state index in [9.17, 15) is 9.59 Å². The lowest BCUT2D eigenvalue weighted by molar-refractivity contribution is -0.147. The molecule has 0 radical (unpaired) electrons. The molecular weight excluding hydrogens is 392 g/mol. The second-order valence-electron chi connectivity index (χ2n) is 6.36. The van der Waals surface area contributed by atoms with Gasteiger partial charge in [0, 0.05) is 5.56 Å². The van der Waals surface area contributed by atoms with Gasteiger partial charge in [-0.25, -0.2) is 9.78 Å². The lowest BCUT2D eigenvalue weighted by Crippen LogP contribution is -2.42. The number of aromatic nitrogens is 1. The first kappa shape index (κ1) is 20.4. The average Bonchev–Trinajstić information content (AvgIpc) is 3.12. The number of rotatable bonds is 8. The van der Waals surface area contributed by atoms with Gasteiger partial charge in [0.1, 0.15) is 17.7 Å². The molecule has 5 nitrogen and oxygen atoms in total. The van der Waals surface area contributed by atoms with E-state index in [2.05, 4.69) is 10.3 Å². The molecule has 0 aliphatic rings. The van der Waals surface area contributed by atoms with Crippen LogP contribution in [0.5, 0.6) is 0 Å². The summed E-state index contributed by atoms with van der Waals surface area (Å²) in [6, 6.07) is 14.4. The molecule has 0 aliphatic heterocycles. The van der Waals surface area contributed by atoms with Gasteiger partial charge < -0.3 is 10.1 Å². The summed E-state index contributed by atoms with van der Waals surface area (Å²) in [6.07, 6.45) is 2.48. The minimum absolute atomic E-state index is 0.105. The number of aryl methyl sites for hydroxylation is 1. The minimum Gasteiger partial charge on any atom is -0.457 e. The number of carbonyl (C=O) groups excluding carboxylic acids is 2. The van der Waals surface area contributed by atoms with Crippen LogP contribution in [0.3, 0.4) is 0 Å². The largest absolute Gasteiger partial charge is 0.457 e. The summed E-state index contributed by atoms with van der Waals surface area (Å²) in [4.78, 5) is 29.6. The molecule has 0 fully saturated rings. The molecule has 0 saturated carbocycles. The number of nitrogens with one attached hydrogen (secondary N) is 1. The zero-order chi connectivity index (χ0) is 19.9. The molecule has 0 spiro atoms. The Labute approximate surface area is 172 Å². The number of hydrogen-bond donors (Lipinski definition) is 1. The van der Waals surface area contributed by atoms with Crippen molar-refractivity contribution in [3.05, 3.63) is 64.7 Å². The van der Waals surface area contributed by atoms with E-state index >= 15 is 0 Å². The van der Waals surface area contributed by atoms with Crippen LogP contribution in [-0.2, 0) is 16.1 Å². The van der Waals surface area contributed by atoms with Gasteiger partial charge in [-0.05, 0) is 49.6 Å². The predicted molar refractivity (Wildman–Crippen MR) is 115 cm³/mol. The van der Waals surface area contributed by atoms with E-state index in [0.29, 0.717) is 12.0 Å². The molecular formula is C21H22N2O3S2. The monoisotopic (exact) mass is 414 g/mol. The molecule has 0 bridgehead atoms. The fourth-order valence-corrected chi connectivity index (χ4v) is 4.08. The molecule has 1 amide bonds. The van der Waals surface area contributed by atoms with Gasteiger partial charge in [0.2, 0.25) is 0 Å². The van der Waals surface area contributed by atoms with E-state index in [1.54, 1.807) is 23.9 Å². The van der Waals surface area contributed by atoms with E-state index < -0.39 is 12.0 Å². The predicted octanol–water partition coefficient (Wildman–Crippen LogP) is 4.20. The van der Waals surface area contributed by atoms with E-state index in [1.807, 2.05) is 49.6 Å². The van der Waals surface area contributed by atoms with E-state index in [4.69, 9.17) is 4.74 Å². The molecule has 3 rings (SSSR count). The Morgan fingerprint density at radius 3 is 2.79 bits per heavy atom. The number of esters is 1. The highest BCUT2D eigenvalue weighted by Crippen LogP contribution is 2.22. The van der Waals surface area contributed by atoms with Crippen LogP contribution in [0, 0.1) is 6.92 Å². The van der Waals surface area contributed by atoms with E-state index in [-0.39, 0.29) is 12.5 Å². The topological polar surface area (TPSA) is 68.3 Å². The van der Waals surface area contributed by atoms with E-state index in [1.165, 1.54) is 11.3 Å². The molecule has 0 saturated heterocycles. The number of thiazole rings is 1. The standard InChI is InChI=1S/C21H22N2O3S2/c1-14-6-5-7-15(12-14)20(24)23-17(10-11-27-2)21(25)26-13-19-22-16-8-3-4-9-18(16)28-19/h3-9,12,17H,10-11,13H2,1-2H3,(H,23,24)/t17-/m1/s1. The Morgan fingerprint density at radius 2 is 2.04 bits per heavy atom. The first-order valence-corrected chi connectivity index (χ1v) is 11.2. The van der Waals surface area contributed by atoms with Crippen LogP contribution in [0.1, 0.15) is 27.3 Å². The summed E-state index contributed by atoms with van der Waals surface area (Å²) < 4.78 is 6.52. The van der Waals surface area contributed by atoms with Crippen molar-refractivity contribution < 1.29 is 14.3 Å². The third-order valence-electron chi connectivity index (χ3n) is 4.16. The molecule has 7 heteroatoms. The number of benzene rings is 2. The van der Waals surface area contributed by atoms with Crippen LogP contribution >= 0.6 is 23.1 Å². The summed E-state index contributed by atoms with van der Waals surface area (Å²) in [6.45, 7) is 2.03. The number of para-hydroxylation sites is 1. The normalized spacial score (nSPS) is 11.9. The number of ether oxygens (including phenoxy) is 1. The molecule has 1 heterocycles. The lowest BCUT2D eigenvalue weighted by atomic mass is 10.1. The Hall–Kier alpha value is -2.38. The summed E-state index contributed by atoms with van der Waals surface area (Å²) in [5.74, 6) is 0.0377. The van der Waals surface area contributed by atoms with Crippen LogP contribution in [0.4, 0.5) is 0 Å². The fraction of sp³-hybridized carbons (Fsp3) is 0.286. The molecule has 1 N–H and O–H groups in total. The molecule has 28 heavy (non-hydrogen) atoms. The maximum absolute atomic E-state index is 12.6. The molecule has 2 aromatic carbocycles. The molecule has 3 aromatic rings. The maximum Gasteiger partial charge on any atom is 0.329 e. The van der Waals surface area contributed by atoms with E-state index in [0.717, 1.165) is 26.5 Å². The Kier molecular flexibility index (Phi) is 7.06. The number of thioether (sulfide) groups is 1. The maximum atomic E-state index is 12.6. The van der Waals surface area contributed by atoms with Crippen LogP contribution in [0.25, 0.3) is 10.2 Å². The number of carbonyl (C=O) groups is 2. The average molecular weight is 415 g/mol. The van der Waals surface area contributed by atoms with Crippen molar-refractivity contribution >= 4 is 45.2 Å². The highest BCUT2D eigenvalue weighted by molar-refractivity contribution is 7.98. The Morgan fingerprint density at radius 1 is 1.21 bits per heavy atom. The molecule has 0 unspecified atom stereocenters. The van der Waals surface area contributed by atoms with Gasteiger partial charge in [0.25, 0.3) is 5.91 Å². The van der Waals surface area contributed by atoms with Gasteiger partial charge in [-0.1, -0.05) is 29.8 Å². The quantitative estimate of drug-likeness (QED) is 0.560. The third kappa shape index (κ3) is 5.33. The van der Waals surface area contributed by atoms with Crippen LogP contribution in [0.15, 0.2) is 48.5 Å². The van der Waals surface area contributed by atoms with Gasteiger partial charge in [-0.2, -0.15) is 11.8 Å². The van der Waals surface area contributed by atoms with Crippen molar-refractivity contribution in [2.24, 2.45) is 0 Å². The SMILES string of the molecule is CSCC[C@@H](NC(=O)c1cccc(C)c1)C(=O)OCc1nc2ccccc2s1. The first-order chi connectivity index (χ1) is 13.6. The molecule has 1 atom stereocenters. The zero-order valence-corrected chi connectivity index (χ0v) is 17.4. The summed E-state index contributed by atoms with van der Waals surface area (Å²) in [7, 11) is 0. The summed E-state index contributed by atoms with van der Waals surface area (Å²) in [5, 5.41) is 3.55. The Balaban J connectivity index is 1.64. The highest BCUT2D eigenvalue weighted by atomic mass is 32.2. The second kappa shape index (κ2) is 9.71. The number of amides is 1. The van der Waals surface area contributed by atoms with Crippen LogP contribution in [-0.4, -0.2) is 34.9 Å². The number of nitrogens with zero attached hydrogens (tertiary/aromatic N) is 1. The van der Waals surface area contributed by atoms with Crippen molar-refractivity contribution in [1.29, 1.82) is 0 Å². The van der Waals surface area contributed by atoms with Gasteiger partial charge >= 0.3 is 5.97 Å². The van der Waals surface area contributed by atoms with Crippen molar-refractivity contribution in [3.8, 4) is 0 Å². The number of fused-ring (bicyclic) bond motifs is 1. The smallest absolute Gasteiger partial charge is 0.329 e. The lowest BCUT2D eigenvalue weighted by Gasteiger charge is -2.17. The molecule has 0 aliphatic carbocycles. The van der Waals surface area contributed by atoms with Crippen LogP contribution in [0.2, 0.25) is 0 Å². The fourth-order valence-electron chi connectivity index (χ4n) is 2.73. The minimum atomic E-state index is -0.685. The van der Waals surface area contributed by atoms with Crippen molar-refractivity contribution in [3.63, 3.8) is 0 Å². The van der Waals surface area contributed by atoms with Crippen LogP contribution < -0.4 is 5.32 Å². The second-order valence-corrected chi connectivity index (χ2v) is 8.46. The highest BCUT2D eigenvalue weighted by Gasteiger charge is 2.23. The molecule has 1 aromatic heterocycles. The third-order valence-corrected chi connectivity index (χ3v) is 5.81. The number of hydrogen-bond acceptors (Lipinski definition) is 6. The van der Waals surface area contributed by atoms with Gasteiger partial charge in [0.05, 0.1) is 10.2 Å². The van der Waals surface area contributed by atoms with Crippen molar-refractivity contribution in [1.82, 2.24) is 10.3 Å². The van der Waals surface area contributed by atoms with Gasteiger partial charge in [-0.15, -0.1) is 11.3 Å². The summed E-state index contributed by atoms with van der Waals surface area (Å²) >= 11 is 3.12. The van der Waals surface area contributed by atoms with Crippen molar-refractivity contribution in [2.45, 2.75) is 26.0 Å².